The van der Waals surface area contributed by atoms with Crippen LogP contribution in [0.1, 0.15) is 40.3 Å². The van der Waals surface area contributed by atoms with Crippen LogP contribution in [-0.2, 0) is 17.8 Å². The average molecular weight is 396 g/mol. The topological polar surface area (TPSA) is 37.6 Å². The van der Waals surface area contributed by atoms with Gasteiger partial charge in [-0.25, -0.2) is 4.98 Å². The van der Waals surface area contributed by atoms with Crippen LogP contribution in [0.3, 0.4) is 0 Å². The molecule has 1 aliphatic rings. The Morgan fingerprint density at radius 3 is 2.60 bits per heavy atom. The summed E-state index contributed by atoms with van der Waals surface area (Å²) in [4.78, 5) is 20.0. The molecular formula is C26H25N3O. The van der Waals surface area contributed by atoms with Gasteiger partial charge in [-0.2, -0.15) is 0 Å². The van der Waals surface area contributed by atoms with Crippen molar-refractivity contribution in [1.29, 1.82) is 0 Å². The van der Waals surface area contributed by atoms with Crippen molar-refractivity contribution in [2.75, 3.05) is 6.54 Å². The molecule has 4 nitrogen and oxygen atoms in total. The molecule has 3 heterocycles. The molecule has 0 aliphatic carbocycles. The summed E-state index contributed by atoms with van der Waals surface area (Å²) in [5.41, 5.74) is 6.91. The number of hydrogen-bond acceptors (Lipinski definition) is 2. The lowest BCUT2D eigenvalue weighted by molar-refractivity contribution is -0.132. The van der Waals surface area contributed by atoms with Gasteiger partial charge in [-0.1, -0.05) is 60.7 Å². The number of amides is 1. The Kier molecular flexibility index (Phi) is 4.83. The van der Waals surface area contributed by atoms with Gasteiger partial charge in [-0.15, -0.1) is 0 Å². The van der Waals surface area contributed by atoms with Crippen molar-refractivity contribution in [3.05, 3.63) is 107 Å². The van der Waals surface area contributed by atoms with Crippen LogP contribution in [0.15, 0.2) is 79.1 Å². The maximum Gasteiger partial charge on any atom is 0.223 e. The van der Waals surface area contributed by atoms with Gasteiger partial charge in [0.15, 0.2) is 0 Å². The van der Waals surface area contributed by atoms with Crippen molar-refractivity contribution in [2.45, 2.75) is 32.2 Å². The van der Waals surface area contributed by atoms with E-state index < -0.39 is 0 Å². The highest BCUT2D eigenvalue weighted by Gasteiger charge is 2.26. The molecule has 150 valence electrons. The molecule has 0 bridgehead atoms. The minimum Gasteiger partial charge on any atom is -0.338 e. The lowest BCUT2D eigenvalue weighted by Gasteiger charge is -2.30. The second-order valence-electron chi connectivity index (χ2n) is 8.07. The van der Waals surface area contributed by atoms with Crippen molar-refractivity contribution in [3.63, 3.8) is 0 Å². The van der Waals surface area contributed by atoms with Crippen LogP contribution in [0.2, 0.25) is 0 Å². The Morgan fingerprint density at radius 1 is 1.00 bits per heavy atom. The second kappa shape index (κ2) is 7.79. The molecular weight excluding hydrogens is 370 g/mol. The fourth-order valence-electron chi connectivity index (χ4n) is 4.52. The number of hydrogen-bond donors (Lipinski definition) is 0. The maximum absolute atomic E-state index is 13.4. The molecule has 5 rings (SSSR count). The molecule has 0 saturated heterocycles. The number of rotatable bonds is 4. The molecule has 2 aromatic carbocycles. The highest BCUT2D eigenvalue weighted by atomic mass is 16.2. The van der Waals surface area contributed by atoms with Crippen LogP contribution < -0.4 is 0 Å². The predicted molar refractivity (Wildman–Crippen MR) is 118 cm³/mol. The first-order valence-corrected chi connectivity index (χ1v) is 10.5. The fraction of sp³-hybridized carbons (Fsp3) is 0.231. The first kappa shape index (κ1) is 18.6. The van der Waals surface area contributed by atoms with Crippen LogP contribution in [0, 0.1) is 6.92 Å². The normalized spacial score (nSPS) is 14.5. The lowest BCUT2D eigenvalue weighted by Crippen LogP contribution is -2.36. The Balaban J connectivity index is 1.47. The molecule has 1 aliphatic heterocycles. The Bertz CT molecular complexity index is 1200. The first-order valence-electron chi connectivity index (χ1n) is 10.5. The van der Waals surface area contributed by atoms with Gasteiger partial charge in [0.25, 0.3) is 0 Å². The highest BCUT2D eigenvalue weighted by molar-refractivity contribution is 5.78. The number of pyridine rings is 1. The summed E-state index contributed by atoms with van der Waals surface area (Å²) in [6, 6.07) is 22.9. The van der Waals surface area contributed by atoms with Gasteiger partial charge < -0.3 is 9.30 Å². The van der Waals surface area contributed by atoms with Crippen LogP contribution in [-0.4, -0.2) is 26.7 Å². The number of carbonyl (C=O) groups is 1. The van der Waals surface area contributed by atoms with Gasteiger partial charge in [0.05, 0.1) is 5.69 Å². The van der Waals surface area contributed by atoms with Gasteiger partial charge in [-0.3, -0.25) is 4.79 Å². The number of aryl methyl sites for hydroxylation is 1. The van der Waals surface area contributed by atoms with Crippen molar-refractivity contribution in [2.24, 2.45) is 0 Å². The van der Waals surface area contributed by atoms with Gasteiger partial charge in [0.2, 0.25) is 5.91 Å². The molecule has 0 radical (unpaired) electrons. The van der Waals surface area contributed by atoms with Gasteiger partial charge in [-0.05, 0) is 41.7 Å². The molecule has 1 atom stereocenters. The van der Waals surface area contributed by atoms with Crippen LogP contribution >= 0.6 is 0 Å². The molecule has 4 aromatic rings. The predicted octanol–water partition coefficient (Wildman–Crippen LogP) is 4.75. The zero-order valence-electron chi connectivity index (χ0n) is 17.2. The third-order valence-corrected chi connectivity index (χ3v) is 6.18. The SMILES string of the molecule is Cc1cccn2c(C(CC(=O)N3CCc4ccccc4C3)c3ccccc3)cnc12. The minimum atomic E-state index is -0.0346. The van der Waals surface area contributed by atoms with E-state index in [2.05, 4.69) is 58.8 Å². The molecule has 0 N–H and O–H groups in total. The van der Waals surface area contributed by atoms with Gasteiger partial charge in [0, 0.05) is 37.8 Å². The van der Waals surface area contributed by atoms with E-state index in [4.69, 9.17) is 0 Å². The molecule has 0 saturated carbocycles. The molecule has 0 spiro atoms. The summed E-state index contributed by atoms with van der Waals surface area (Å²) in [6.45, 7) is 3.55. The number of imidazole rings is 1. The smallest absolute Gasteiger partial charge is 0.223 e. The Hall–Kier alpha value is -3.40. The quantitative estimate of drug-likeness (QED) is 0.500. The van der Waals surface area contributed by atoms with Crippen molar-refractivity contribution in [1.82, 2.24) is 14.3 Å². The summed E-state index contributed by atoms with van der Waals surface area (Å²) in [5, 5.41) is 0. The number of nitrogens with zero attached hydrogens (tertiary/aromatic N) is 3. The molecule has 0 fully saturated rings. The lowest BCUT2D eigenvalue weighted by atomic mass is 9.91. The summed E-state index contributed by atoms with van der Waals surface area (Å²) in [7, 11) is 0. The monoisotopic (exact) mass is 395 g/mol. The third kappa shape index (κ3) is 3.39. The van der Waals surface area contributed by atoms with Crippen molar-refractivity contribution in [3.8, 4) is 0 Å². The molecule has 30 heavy (non-hydrogen) atoms. The molecule has 4 heteroatoms. The van der Waals surface area contributed by atoms with Crippen molar-refractivity contribution < 1.29 is 4.79 Å². The summed E-state index contributed by atoms with van der Waals surface area (Å²) in [5.74, 6) is 0.161. The summed E-state index contributed by atoms with van der Waals surface area (Å²) in [6.07, 6.45) is 5.33. The Labute approximate surface area is 176 Å². The Morgan fingerprint density at radius 2 is 1.77 bits per heavy atom. The van der Waals surface area contributed by atoms with Gasteiger partial charge in [0.1, 0.15) is 5.65 Å². The van der Waals surface area contributed by atoms with E-state index in [1.54, 1.807) is 0 Å². The zero-order valence-corrected chi connectivity index (χ0v) is 17.2. The fourth-order valence-corrected chi connectivity index (χ4v) is 4.52. The third-order valence-electron chi connectivity index (χ3n) is 6.18. The average Bonchev–Trinajstić information content (AvgIpc) is 3.23. The maximum atomic E-state index is 13.4. The van der Waals surface area contributed by atoms with E-state index in [1.807, 2.05) is 41.6 Å². The van der Waals surface area contributed by atoms with E-state index in [9.17, 15) is 4.79 Å². The second-order valence-corrected chi connectivity index (χ2v) is 8.07. The minimum absolute atomic E-state index is 0.0346. The molecule has 1 amide bonds. The number of carbonyl (C=O) groups excluding carboxylic acids is 1. The van der Waals surface area contributed by atoms with E-state index in [0.29, 0.717) is 13.0 Å². The van der Waals surface area contributed by atoms with Crippen LogP contribution in [0.5, 0.6) is 0 Å². The molecule has 1 unspecified atom stereocenters. The first-order chi connectivity index (χ1) is 14.7. The van der Waals surface area contributed by atoms with E-state index in [0.717, 1.165) is 35.4 Å². The number of benzene rings is 2. The van der Waals surface area contributed by atoms with Crippen LogP contribution in [0.4, 0.5) is 0 Å². The standard InChI is InChI=1S/C26H25N3O/c1-19-8-7-14-29-24(17-27-26(19)29)23(21-10-3-2-4-11-21)16-25(30)28-15-13-20-9-5-6-12-22(20)18-28/h2-12,14,17,23H,13,15-16,18H2,1H3. The van der Waals surface area contributed by atoms with Crippen LogP contribution in [0.25, 0.3) is 5.65 Å². The number of fused-ring (bicyclic) bond motifs is 2. The zero-order chi connectivity index (χ0) is 20.5. The van der Waals surface area contributed by atoms with E-state index in [1.165, 1.54) is 11.1 Å². The summed E-state index contributed by atoms with van der Waals surface area (Å²) < 4.78 is 2.13. The van der Waals surface area contributed by atoms with E-state index in [-0.39, 0.29) is 11.8 Å². The highest BCUT2D eigenvalue weighted by Crippen LogP contribution is 2.31. The van der Waals surface area contributed by atoms with E-state index >= 15 is 0 Å². The molecule has 2 aromatic heterocycles. The van der Waals surface area contributed by atoms with Crippen molar-refractivity contribution >= 4 is 11.6 Å². The largest absolute Gasteiger partial charge is 0.338 e. The number of aromatic nitrogens is 2. The van der Waals surface area contributed by atoms with Gasteiger partial charge >= 0.3 is 0 Å². The summed E-state index contributed by atoms with van der Waals surface area (Å²) >= 11 is 0.